The van der Waals surface area contributed by atoms with Gasteiger partial charge in [0.15, 0.2) is 14.9 Å². The summed E-state index contributed by atoms with van der Waals surface area (Å²) in [5, 5.41) is 7.36. The lowest BCUT2D eigenvalue weighted by Crippen LogP contribution is -2.44. The fourth-order valence-electron chi connectivity index (χ4n) is 1.70. The lowest BCUT2D eigenvalue weighted by atomic mass is 10.3. The highest BCUT2D eigenvalue weighted by Crippen LogP contribution is 2.11. The molecule has 1 aliphatic rings. The van der Waals surface area contributed by atoms with Crippen LogP contribution < -0.4 is 10.6 Å². The molecule has 1 aliphatic heterocycles. The number of sulfone groups is 1. The van der Waals surface area contributed by atoms with E-state index >= 15 is 0 Å². The Balaban J connectivity index is 1.85. The first-order chi connectivity index (χ1) is 8.46. The average Bonchev–Trinajstić information content (AvgIpc) is 2.87. The highest BCUT2D eigenvalue weighted by atomic mass is 32.2. The van der Waals surface area contributed by atoms with Crippen molar-refractivity contribution in [3.05, 3.63) is 22.4 Å². The van der Waals surface area contributed by atoms with E-state index in [0.717, 1.165) is 0 Å². The van der Waals surface area contributed by atoms with E-state index in [-0.39, 0.29) is 28.6 Å². The molecule has 0 saturated carbocycles. The van der Waals surface area contributed by atoms with Crippen molar-refractivity contribution in [2.45, 2.75) is 12.5 Å². The molecule has 0 unspecified atom stereocenters. The second-order valence-corrected chi connectivity index (χ2v) is 7.59. The third-order valence-corrected chi connectivity index (χ3v) is 5.40. The van der Waals surface area contributed by atoms with E-state index in [1.807, 2.05) is 0 Å². The predicted octanol–water partition coefficient (Wildman–Crippen LogP) is 0.539. The molecule has 0 bridgehead atoms. The largest absolute Gasteiger partial charge is 0.359 e. The van der Waals surface area contributed by atoms with Gasteiger partial charge in [-0.3, -0.25) is 10.1 Å². The number of hydrogen-bond donors (Lipinski definition) is 2. The van der Waals surface area contributed by atoms with Crippen molar-refractivity contribution >= 4 is 44.4 Å². The quantitative estimate of drug-likeness (QED) is 0.780. The van der Waals surface area contributed by atoms with Crippen molar-refractivity contribution in [1.82, 2.24) is 10.6 Å². The van der Waals surface area contributed by atoms with Crippen LogP contribution in [0, 0.1) is 0 Å². The van der Waals surface area contributed by atoms with Crippen LogP contribution in [-0.2, 0) is 9.84 Å². The summed E-state index contributed by atoms with van der Waals surface area (Å²) in [5.74, 6) is -0.0305. The molecule has 2 heterocycles. The van der Waals surface area contributed by atoms with Crippen LogP contribution in [0.1, 0.15) is 16.1 Å². The lowest BCUT2D eigenvalue weighted by molar-refractivity contribution is 0.0980. The van der Waals surface area contributed by atoms with Crippen LogP contribution in [0.2, 0.25) is 0 Å². The summed E-state index contributed by atoms with van der Waals surface area (Å²) < 4.78 is 22.5. The zero-order valence-electron chi connectivity index (χ0n) is 9.38. The number of amides is 1. The van der Waals surface area contributed by atoms with Gasteiger partial charge in [-0.25, -0.2) is 8.42 Å². The molecule has 1 saturated heterocycles. The molecule has 98 valence electrons. The van der Waals surface area contributed by atoms with Crippen molar-refractivity contribution < 1.29 is 13.2 Å². The van der Waals surface area contributed by atoms with Crippen LogP contribution in [0.4, 0.5) is 0 Å². The van der Waals surface area contributed by atoms with Crippen molar-refractivity contribution in [2.24, 2.45) is 0 Å². The summed E-state index contributed by atoms with van der Waals surface area (Å²) in [6.07, 6.45) is 0.525. The standard InChI is InChI=1S/C10H12N2O3S3/c13-9(8-2-1-4-17-8)12-10(16)11-7-3-5-18(14,15)6-7/h1-2,4,7H,3,5-6H2,(H2,11,12,13,16)/t7-/m1/s1. The van der Waals surface area contributed by atoms with Gasteiger partial charge in [-0.15, -0.1) is 11.3 Å². The Hall–Kier alpha value is -0.990. The number of thiocarbonyl (C=S) groups is 1. The third kappa shape index (κ3) is 3.50. The molecule has 0 aliphatic carbocycles. The van der Waals surface area contributed by atoms with Crippen molar-refractivity contribution in [3.8, 4) is 0 Å². The highest BCUT2D eigenvalue weighted by Gasteiger charge is 2.28. The monoisotopic (exact) mass is 304 g/mol. The van der Waals surface area contributed by atoms with Gasteiger partial charge in [-0.1, -0.05) is 6.07 Å². The first kappa shape index (κ1) is 13.4. The topological polar surface area (TPSA) is 75.3 Å². The molecular weight excluding hydrogens is 292 g/mol. The molecule has 18 heavy (non-hydrogen) atoms. The van der Waals surface area contributed by atoms with E-state index in [1.165, 1.54) is 11.3 Å². The fourth-order valence-corrected chi connectivity index (χ4v) is 4.25. The molecule has 8 heteroatoms. The first-order valence-corrected chi connectivity index (χ1v) is 8.43. The maximum absolute atomic E-state index is 11.7. The Morgan fingerprint density at radius 2 is 2.28 bits per heavy atom. The average molecular weight is 304 g/mol. The lowest BCUT2D eigenvalue weighted by Gasteiger charge is -2.13. The van der Waals surface area contributed by atoms with E-state index in [0.29, 0.717) is 11.3 Å². The molecular formula is C10H12N2O3S3. The van der Waals surface area contributed by atoms with E-state index in [4.69, 9.17) is 12.2 Å². The van der Waals surface area contributed by atoms with E-state index in [1.54, 1.807) is 17.5 Å². The normalized spacial score (nSPS) is 21.4. The summed E-state index contributed by atoms with van der Waals surface area (Å²) in [7, 11) is -2.95. The Morgan fingerprint density at radius 1 is 1.50 bits per heavy atom. The van der Waals surface area contributed by atoms with Gasteiger partial charge in [-0.05, 0) is 30.1 Å². The molecule has 0 radical (unpaired) electrons. The van der Waals surface area contributed by atoms with Gasteiger partial charge in [0, 0.05) is 6.04 Å². The molecule has 1 aromatic rings. The van der Waals surface area contributed by atoms with E-state index in [2.05, 4.69) is 10.6 Å². The maximum atomic E-state index is 11.7. The highest BCUT2D eigenvalue weighted by molar-refractivity contribution is 7.91. The van der Waals surface area contributed by atoms with Crippen LogP contribution >= 0.6 is 23.6 Å². The number of carbonyl (C=O) groups excluding carboxylic acids is 1. The summed E-state index contributed by atoms with van der Waals surface area (Å²) in [6.45, 7) is 0. The summed E-state index contributed by atoms with van der Waals surface area (Å²) in [6, 6.07) is 3.27. The Labute approximate surface area is 115 Å². The smallest absolute Gasteiger partial charge is 0.267 e. The van der Waals surface area contributed by atoms with Crippen LogP contribution in [-0.4, -0.2) is 37.0 Å². The molecule has 5 nitrogen and oxygen atoms in total. The maximum Gasteiger partial charge on any atom is 0.267 e. The number of hydrogen-bond acceptors (Lipinski definition) is 5. The molecule has 1 aromatic heterocycles. The zero-order chi connectivity index (χ0) is 13.2. The summed E-state index contributed by atoms with van der Waals surface area (Å²) >= 11 is 6.30. The van der Waals surface area contributed by atoms with Gasteiger partial charge in [0.2, 0.25) is 0 Å². The second-order valence-electron chi connectivity index (χ2n) is 4.00. The van der Waals surface area contributed by atoms with E-state index < -0.39 is 9.84 Å². The number of carbonyl (C=O) groups is 1. The van der Waals surface area contributed by atoms with Crippen molar-refractivity contribution in [1.29, 1.82) is 0 Å². The number of nitrogens with one attached hydrogen (secondary N) is 2. The van der Waals surface area contributed by atoms with Crippen LogP contribution in [0.25, 0.3) is 0 Å². The van der Waals surface area contributed by atoms with Crippen LogP contribution in [0.5, 0.6) is 0 Å². The minimum absolute atomic E-state index is 0.0714. The Bertz CT molecular complexity index is 551. The number of thiophene rings is 1. The first-order valence-electron chi connectivity index (χ1n) is 5.32. The predicted molar refractivity (Wildman–Crippen MR) is 74.6 cm³/mol. The minimum atomic E-state index is -2.95. The zero-order valence-corrected chi connectivity index (χ0v) is 11.8. The number of rotatable bonds is 2. The van der Waals surface area contributed by atoms with Crippen molar-refractivity contribution in [2.75, 3.05) is 11.5 Å². The van der Waals surface area contributed by atoms with Gasteiger partial charge in [-0.2, -0.15) is 0 Å². The second kappa shape index (κ2) is 5.33. The molecule has 0 aromatic carbocycles. The minimum Gasteiger partial charge on any atom is -0.359 e. The Morgan fingerprint density at radius 3 is 2.83 bits per heavy atom. The molecule has 1 atom stereocenters. The van der Waals surface area contributed by atoms with Gasteiger partial charge in [0.05, 0.1) is 16.4 Å². The third-order valence-electron chi connectivity index (χ3n) is 2.54. The SMILES string of the molecule is O=C(NC(=S)N[C@@H]1CCS(=O)(=O)C1)c1cccs1. The van der Waals surface area contributed by atoms with Gasteiger partial charge in [0.1, 0.15) is 0 Å². The fraction of sp³-hybridized carbons (Fsp3) is 0.400. The van der Waals surface area contributed by atoms with E-state index in [9.17, 15) is 13.2 Å². The molecule has 1 amide bonds. The molecule has 2 N–H and O–H groups in total. The van der Waals surface area contributed by atoms with Gasteiger partial charge < -0.3 is 5.32 Å². The summed E-state index contributed by atoms with van der Waals surface area (Å²) in [5.41, 5.74) is 0. The molecule has 1 fully saturated rings. The van der Waals surface area contributed by atoms with Crippen molar-refractivity contribution in [3.63, 3.8) is 0 Å². The molecule has 2 rings (SSSR count). The molecule has 0 spiro atoms. The van der Waals surface area contributed by atoms with Gasteiger partial charge in [0.25, 0.3) is 5.91 Å². The van der Waals surface area contributed by atoms with Gasteiger partial charge >= 0.3 is 0 Å². The Kier molecular flexibility index (Phi) is 3.98. The summed E-state index contributed by atoms with van der Waals surface area (Å²) in [4.78, 5) is 12.2. The van der Waals surface area contributed by atoms with Crippen LogP contribution in [0.3, 0.4) is 0 Å². The van der Waals surface area contributed by atoms with Crippen LogP contribution in [0.15, 0.2) is 17.5 Å².